The normalized spacial score (nSPS) is 51.9. The fraction of sp³-hybridized carbons (Fsp3) is 1.00. The van der Waals surface area contributed by atoms with Gasteiger partial charge in [-0.15, -0.1) is 0 Å². The monoisotopic (exact) mass is 744 g/mol. The van der Waals surface area contributed by atoms with Crippen molar-refractivity contribution >= 4 is 0 Å². The number of aliphatic hydroxyl groups is 7. The van der Waals surface area contributed by atoms with Gasteiger partial charge < -0.3 is 64.2 Å². The fourth-order valence-electron chi connectivity index (χ4n) is 12.3. The van der Waals surface area contributed by atoms with Crippen LogP contribution < -0.4 is 0 Å². The zero-order valence-electron chi connectivity index (χ0n) is 32.3. The molecule has 13 heteroatoms. The molecule has 6 fully saturated rings. The molecular formula is C39H68O13. The van der Waals surface area contributed by atoms with E-state index in [4.69, 9.17) is 28.4 Å². The second-order valence-electron chi connectivity index (χ2n) is 18.3. The lowest BCUT2D eigenvalue weighted by molar-refractivity contribution is -0.287. The summed E-state index contributed by atoms with van der Waals surface area (Å²) in [4.78, 5) is 0. The van der Waals surface area contributed by atoms with E-state index in [2.05, 4.69) is 34.6 Å². The van der Waals surface area contributed by atoms with E-state index in [1.54, 1.807) is 0 Å². The minimum Gasteiger partial charge on any atom is -0.393 e. The van der Waals surface area contributed by atoms with Crippen molar-refractivity contribution in [1.29, 1.82) is 0 Å². The number of hydrogen-bond donors (Lipinski definition) is 7. The lowest BCUT2D eigenvalue weighted by atomic mass is 9.42. The van der Waals surface area contributed by atoms with Crippen molar-refractivity contribution in [2.45, 2.75) is 172 Å². The number of hydrogen-bond acceptors (Lipinski definition) is 13. The summed E-state index contributed by atoms with van der Waals surface area (Å²) < 4.78 is 34.6. The first kappa shape index (κ1) is 41.1. The third kappa shape index (κ3) is 7.16. The van der Waals surface area contributed by atoms with Crippen LogP contribution >= 0.6 is 0 Å². The molecule has 0 bridgehead atoms. The van der Waals surface area contributed by atoms with Gasteiger partial charge in [0.2, 0.25) is 0 Å². The van der Waals surface area contributed by atoms with E-state index in [1.807, 2.05) is 0 Å². The molecule has 2 aliphatic heterocycles. The average Bonchev–Trinajstić information content (AvgIpc) is 3.53. The Morgan fingerprint density at radius 2 is 1.52 bits per heavy atom. The molecule has 2 heterocycles. The van der Waals surface area contributed by atoms with Crippen molar-refractivity contribution in [3.8, 4) is 0 Å². The quantitative estimate of drug-likeness (QED) is 0.153. The van der Waals surface area contributed by atoms with Gasteiger partial charge in [-0.25, -0.2) is 0 Å². The Morgan fingerprint density at radius 3 is 2.19 bits per heavy atom. The lowest BCUT2D eigenvalue weighted by Crippen LogP contribution is -2.68. The molecule has 4 saturated carbocycles. The van der Waals surface area contributed by atoms with Crippen LogP contribution in [0.25, 0.3) is 0 Å². The highest BCUT2D eigenvalue weighted by molar-refractivity contribution is 5.20. The molecule has 302 valence electrons. The molecule has 13 nitrogen and oxygen atoms in total. The summed E-state index contributed by atoms with van der Waals surface area (Å²) in [6.07, 6.45) is -3.79. The Kier molecular flexibility index (Phi) is 12.5. The largest absolute Gasteiger partial charge is 0.393 e. The maximum absolute atomic E-state index is 12.6. The van der Waals surface area contributed by atoms with Gasteiger partial charge in [0.05, 0.1) is 43.2 Å². The lowest BCUT2D eigenvalue weighted by Gasteiger charge is -2.66. The van der Waals surface area contributed by atoms with Crippen LogP contribution in [-0.4, -0.2) is 142 Å². The number of aliphatic hydroxyl groups excluding tert-OH is 6. The third-order valence-electron chi connectivity index (χ3n) is 15.1. The van der Waals surface area contributed by atoms with Crippen molar-refractivity contribution in [3.63, 3.8) is 0 Å². The first-order valence-electron chi connectivity index (χ1n) is 19.9. The van der Waals surface area contributed by atoms with E-state index in [0.717, 1.165) is 25.7 Å². The Balaban J connectivity index is 1.06. The number of methoxy groups -OCH3 is 2. The van der Waals surface area contributed by atoms with Crippen molar-refractivity contribution in [3.05, 3.63) is 0 Å². The molecule has 6 aliphatic rings. The molecule has 0 spiro atoms. The van der Waals surface area contributed by atoms with Gasteiger partial charge in [0.15, 0.2) is 12.6 Å². The first-order chi connectivity index (χ1) is 24.5. The summed E-state index contributed by atoms with van der Waals surface area (Å²) in [6.45, 7) is 10.7. The topological polar surface area (TPSA) is 197 Å². The Labute approximate surface area is 309 Å². The molecular weight excluding hydrogens is 676 g/mol. The second-order valence-corrected chi connectivity index (χ2v) is 18.3. The Morgan fingerprint density at radius 1 is 0.808 bits per heavy atom. The third-order valence-corrected chi connectivity index (χ3v) is 15.1. The molecule has 6 rings (SSSR count). The molecule has 4 aliphatic carbocycles. The average molecular weight is 745 g/mol. The molecule has 0 amide bonds. The smallest absolute Gasteiger partial charge is 0.186 e. The Hall–Kier alpha value is -0.520. The molecule has 0 aromatic rings. The van der Waals surface area contributed by atoms with Crippen LogP contribution in [0.15, 0.2) is 0 Å². The Bertz CT molecular complexity index is 1190. The molecule has 52 heavy (non-hydrogen) atoms. The van der Waals surface area contributed by atoms with Crippen LogP contribution in [0.4, 0.5) is 0 Å². The van der Waals surface area contributed by atoms with Crippen LogP contribution in [0.1, 0.15) is 92.4 Å². The van der Waals surface area contributed by atoms with Crippen molar-refractivity contribution in [1.82, 2.24) is 0 Å². The molecule has 2 saturated heterocycles. The van der Waals surface area contributed by atoms with Crippen LogP contribution in [0.2, 0.25) is 0 Å². The van der Waals surface area contributed by atoms with E-state index in [9.17, 15) is 35.7 Å². The van der Waals surface area contributed by atoms with E-state index < -0.39 is 73.1 Å². The molecule has 7 N–H and O–H groups in total. The number of ether oxygens (including phenoxy) is 6. The van der Waals surface area contributed by atoms with Gasteiger partial charge >= 0.3 is 0 Å². The molecule has 0 aromatic carbocycles. The summed E-state index contributed by atoms with van der Waals surface area (Å²) in [5.41, 5.74) is -1.76. The zero-order valence-corrected chi connectivity index (χ0v) is 32.3. The zero-order chi connectivity index (χ0) is 37.9. The van der Waals surface area contributed by atoms with Crippen molar-refractivity contribution in [2.75, 3.05) is 27.4 Å². The maximum atomic E-state index is 12.6. The van der Waals surface area contributed by atoms with Gasteiger partial charge in [-0.1, -0.05) is 34.6 Å². The summed E-state index contributed by atoms with van der Waals surface area (Å²) >= 11 is 0. The van der Waals surface area contributed by atoms with E-state index >= 15 is 0 Å². The van der Waals surface area contributed by atoms with Gasteiger partial charge in [0.1, 0.15) is 36.6 Å². The molecule has 0 radical (unpaired) electrons. The van der Waals surface area contributed by atoms with Crippen LogP contribution in [-0.2, 0) is 28.4 Å². The maximum Gasteiger partial charge on any atom is 0.186 e. The van der Waals surface area contributed by atoms with Gasteiger partial charge in [0.25, 0.3) is 0 Å². The standard InChI is InChI=1S/C39H68O13/c1-19(2)26(51-35-32(45)30(43)28(52-35)18-50-36-33(48-7)31(44)27(47-6)17-49-36)9-8-20(3)22-15-24(41)34-38(22,5)13-11-29-37(4)12-10-21(40)14-23(37)25(42)16-39(29,34)46/h19-36,40-46H,8-18H2,1-7H3/t20-,21+,22-,23-,24-,25+,26+,27-,28+,29-,30+,31+,32-,33-,34-,35-,36+,37+,38-,39+/m1/s1. The SMILES string of the molecule is CO[C@H]1[C@H](OC[C@@H]2O[C@@H](O[C@@H](CC[C@@H](C)[C@H]3C[C@@H](O)[C@@H]4[C@]3(C)CC[C@@H]3[C@@]5(C)CC[C@H](O)C[C@@H]5[C@@H](O)C[C@]34O)C(C)C)[C@H](O)[C@H]2O)OC[C@@H](OC)[C@@H]1O. The van der Waals surface area contributed by atoms with Crippen molar-refractivity contribution in [2.24, 2.45) is 46.3 Å². The second kappa shape index (κ2) is 15.8. The summed E-state index contributed by atoms with van der Waals surface area (Å²) in [7, 11) is 2.92. The predicted molar refractivity (Wildman–Crippen MR) is 188 cm³/mol. The molecule has 0 unspecified atom stereocenters. The number of fused-ring (bicyclic) bond motifs is 5. The predicted octanol–water partition coefficient (Wildman–Crippen LogP) is 1.73. The van der Waals surface area contributed by atoms with Gasteiger partial charge in [-0.3, -0.25) is 0 Å². The minimum atomic E-state index is -1.29. The summed E-state index contributed by atoms with van der Waals surface area (Å²) in [6, 6.07) is 0. The summed E-state index contributed by atoms with van der Waals surface area (Å²) in [5, 5.41) is 78.6. The van der Waals surface area contributed by atoms with E-state index in [1.165, 1.54) is 14.2 Å². The fourth-order valence-corrected chi connectivity index (χ4v) is 12.3. The number of rotatable bonds is 12. The van der Waals surface area contributed by atoms with Crippen LogP contribution in [0.3, 0.4) is 0 Å². The van der Waals surface area contributed by atoms with Gasteiger partial charge in [-0.2, -0.15) is 0 Å². The van der Waals surface area contributed by atoms with Crippen molar-refractivity contribution < 1.29 is 64.2 Å². The minimum absolute atomic E-state index is 0.0324. The van der Waals surface area contributed by atoms with Crippen LogP contribution in [0, 0.1) is 46.3 Å². The molecule has 20 atom stereocenters. The summed E-state index contributed by atoms with van der Waals surface area (Å²) in [5.74, 6) is 0.0285. The van der Waals surface area contributed by atoms with Crippen LogP contribution in [0.5, 0.6) is 0 Å². The highest BCUT2D eigenvalue weighted by Gasteiger charge is 2.70. The van der Waals surface area contributed by atoms with Gasteiger partial charge in [0, 0.05) is 26.6 Å². The highest BCUT2D eigenvalue weighted by Crippen LogP contribution is 2.69. The van der Waals surface area contributed by atoms with E-state index in [-0.39, 0.29) is 72.1 Å². The molecule has 0 aromatic heterocycles. The van der Waals surface area contributed by atoms with E-state index in [0.29, 0.717) is 25.7 Å². The first-order valence-corrected chi connectivity index (χ1v) is 19.9. The van der Waals surface area contributed by atoms with Gasteiger partial charge in [-0.05, 0) is 91.8 Å². The highest BCUT2D eigenvalue weighted by atomic mass is 16.7.